The van der Waals surface area contributed by atoms with Gasteiger partial charge in [0.1, 0.15) is 19.3 Å². The monoisotopic (exact) mass is 388 g/mol. The molecule has 2 atom stereocenters. The smallest absolute Gasteiger partial charge is 0.262 e. The number of hydrogen-bond donors (Lipinski definition) is 2. The first kappa shape index (κ1) is 19.2. The Bertz CT molecular complexity index is 804. The van der Waals surface area contributed by atoms with Gasteiger partial charge in [0.2, 0.25) is 5.91 Å². The highest BCUT2D eigenvalue weighted by atomic mass is 32.1. The average Bonchev–Trinajstić information content (AvgIpc) is 3.20. The van der Waals surface area contributed by atoms with Crippen LogP contribution in [0.15, 0.2) is 35.7 Å². The zero-order chi connectivity index (χ0) is 19.4. The van der Waals surface area contributed by atoms with Crippen molar-refractivity contribution in [1.82, 2.24) is 10.6 Å². The zero-order valence-corrected chi connectivity index (χ0v) is 16.5. The Morgan fingerprint density at radius 1 is 1.04 bits per heavy atom. The predicted molar refractivity (Wildman–Crippen MR) is 104 cm³/mol. The summed E-state index contributed by atoms with van der Waals surface area (Å²) in [5, 5.41) is 7.67. The molecule has 2 unspecified atom stereocenters. The minimum Gasteiger partial charge on any atom is -0.486 e. The highest BCUT2D eigenvalue weighted by Gasteiger charge is 2.26. The summed E-state index contributed by atoms with van der Waals surface area (Å²) in [5.74, 6) is 0.919. The second kappa shape index (κ2) is 8.43. The van der Waals surface area contributed by atoms with E-state index < -0.39 is 6.04 Å². The van der Waals surface area contributed by atoms with E-state index in [0.29, 0.717) is 29.6 Å². The van der Waals surface area contributed by atoms with E-state index in [0.717, 1.165) is 5.56 Å². The lowest BCUT2D eigenvalue weighted by atomic mass is 10.0. The number of rotatable bonds is 6. The zero-order valence-electron chi connectivity index (χ0n) is 15.7. The molecule has 0 aliphatic carbocycles. The van der Waals surface area contributed by atoms with Gasteiger partial charge in [-0.2, -0.15) is 0 Å². The molecule has 6 nitrogen and oxygen atoms in total. The van der Waals surface area contributed by atoms with Crippen molar-refractivity contribution in [2.24, 2.45) is 5.92 Å². The topological polar surface area (TPSA) is 76.7 Å². The third-order valence-corrected chi connectivity index (χ3v) is 5.27. The molecule has 0 saturated heterocycles. The van der Waals surface area contributed by atoms with Crippen molar-refractivity contribution in [3.63, 3.8) is 0 Å². The normalized spacial score (nSPS) is 15.1. The SMILES string of the molecule is CC(NC(=O)C(NC(=O)c1cccs1)C(C)C)c1ccc2c(c1)OCCO2. The molecule has 7 heteroatoms. The second-order valence-corrected chi connectivity index (χ2v) is 7.75. The molecule has 0 fully saturated rings. The van der Waals surface area contributed by atoms with Crippen LogP contribution in [0.2, 0.25) is 0 Å². The molecule has 2 amide bonds. The lowest BCUT2D eigenvalue weighted by Crippen LogP contribution is -2.50. The summed E-state index contributed by atoms with van der Waals surface area (Å²) in [4.78, 5) is 25.7. The molecule has 1 aromatic carbocycles. The van der Waals surface area contributed by atoms with Crippen LogP contribution in [0.4, 0.5) is 0 Å². The van der Waals surface area contributed by atoms with E-state index in [1.807, 2.05) is 50.4 Å². The Morgan fingerprint density at radius 3 is 2.44 bits per heavy atom. The molecule has 0 saturated carbocycles. The molecule has 144 valence electrons. The van der Waals surface area contributed by atoms with Crippen molar-refractivity contribution in [2.75, 3.05) is 13.2 Å². The Kier molecular flexibility index (Phi) is 6.01. The molecule has 1 aromatic heterocycles. The fourth-order valence-electron chi connectivity index (χ4n) is 2.87. The number of benzene rings is 1. The summed E-state index contributed by atoms with van der Waals surface area (Å²) in [6.45, 7) is 6.78. The van der Waals surface area contributed by atoms with Crippen LogP contribution in [-0.2, 0) is 4.79 Å². The van der Waals surface area contributed by atoms with Crippen LogP contribution in [0.5, 0.6) is 11.5 Å². The van der Waals surface area contributed by atoms with E-state index in [-0.39, 0.29) is 23.8 Å². The largest absolute Gasteiger partial charge is 0.486 e. The molecule has 0 radical (unpaired) electrons. The van der Waals surface area contributed by atoms with Crippen LogP contribution in [0.1, 0.15) is 42.0 Å². The maximum atomic E-state index is 12.8. The Labute approximate surface area is 162 Å². The summed E-state index contributed by atoms with van der Waals surface area (Å²) >= 11 is 1.35. The average molecular weight is 388 g/mol. The summed E-state index contributed by atoms with van der Waals surface area (Å²) in [7, 11) is 0. The Morgan fingerprint density at radius 2 is 1.78 bits per heavy atom. The minimum atomic E-state index is -0.612. The number of ether oxygens (including phenoxy) is 2. The summed E-state index contributed by atoms with van der Waals surface area (Å²) < 4.78 is 11.1. The van der Waals surface area contributed by atoms with E-state index in [1.165, 1.54) is 11.3 Å². The maximum Gasteiger partial charge on any atom is 0.262 e. The Hall–Kier alpha value is -2.54. The number of carbonyl (C=O) groups excluding carboxylic acids is 2. The van der Waals surface area contributed by atoms with Crippen LogP contribution in [0.3, 0.4) is 0 Å². The fourth-order valence-corrected chi connectivity index (χ4v) is 3.50. The van der Waals surface area contributed by atoms with Gasteiger partial charge in [-0.05, 0) is 42.0 Å². The summed E-state index contributed by atoms with van der Waals surface area (Å²) in [6, 6.07) is 8.36. The van der Waals surface area contributed by atoms with Gasteiger partial charge in [-0.25, -0.2) is 0 Å². The van der Waals surface area contributed by atoms with E-state index in [4.69, 9.17) is 9.47 Å². The molecule has 3 rings (SSSR count). The first-order valence-corrected chi connectivity index (χ1v) is 9.88. The lowest BCUT2D eigenvalue weighted by Gasteiger charge is -2.25. The number of hydrogen-bond acceptors (Lipinski definition) is 5. The molecular weight excluding hydrogens is 364 g/mol. The quantitative estimate of drug-likeness (QED) is 0.797. The van der Waals surface area contributed by atoms with Crippen LogP contribution in [0, 0.1) is 5.92 Å². The predicted octanol–water partition coefficient (Wildman–Crippen LogP) is 3.15. The van der Waals surface area contributed by atoms with Crippen molar-refractivity contribution in [3.05, 3.63) is 46.2 Å². The number of nitrogens with one attached hydrogen (secondary N) is 2. The van der Waals surface area contributed by atoms with Crippen LogP contribution in [-0.4, -0.2) is 31.1 Å². The van der Waals surface area contributed by atoms with E-state index >= 15 is 0 Å². The van der Waals surface area contributed by atoms with Crippen LogP contribution < -0.4 is 20.1 Å². The maximum absolute atomic E-state index is 12.8. The fraction of sp³-hybridized carbons (Fsp3) is 0.400. The van der Waals surface area contributed by atoms with Crippen LogP contribution >= 0.6 is 11.3 Å². The van der Waals surface area contributed by atoms with Crippen molar-refractivity contribution >= 4 is 23.2 Å². The molecule has 2 aromatic rings. The van der Waals surface area contributed by atoms with Crippen molar-refractivity contribution in [3.8, 4) is 11.5 Å². The number of fused-ring (bicyclic) bond motifs is 1. The molecule has 1 aliphatic rings. The van der Waals surface area contributed by atoms with Crippen LogP contribution in [0.25, 0.3) is 0 Å². The van der Waals surface area contributed by atoms with Gasteiger partial charge in [0.15, 0.2) is 11.5 Å². The van der Waals surface area contributed by atoms with Crippen molar-refractivity contribution < 1.29 is 19.1 Å². The third-order valence-electron chi connectivity index (χ3n) is 4.41. The molecule has 1 aliphatic heterocycles. The molecule has 2 heterocycles. The van der Waals surface area contributed by atoms with Gasteiger partial charge in [0.25, 0.3) is 5.91 Å². The first-order valence-electron chi connectivity index (χ1n) is 9.00. The van der Waals surface area contributed by atoms with Gasteiger partial charge < -0.3 is 20.1 Å². The van der Waals surface area contributed by atoms with E-state index in [9.17, 15) is 9.59 Å². The van der Waals surface area contributed by atoms with Gasteiger partial charge in [-0.1, -0.05) is 26.0 Å². The number of thiophene rings is 1. The van der Waals surface area contributed by atoms with Crippen molar-refractivity contribution in [2.45, 2.75) is 32.9 Å². The molecule has 2 N–H and O–H groups in total. The Balaban J connectivity index is 1.67. The molecule has 0 spiro atoms. The molecular formula is C20H24N2O4S. The number of amides is 2. The minimum absolute atomic E-state index is 0.0404. The third kappa shape index (κ3) is 4.60. The van der Waals surface area contributed by atoms with Gasteiger partial charge >= 0.3 is 0 Å². The van der Waals surface area contributed by atoms with Gasteiger partial charge in [-0.3, -0.25) is 9.59 Å². The van der Waals surface area contributed by atoms with Crippen molar-refractivity contribution in [1.29, 1.82) is 0 Å². The summed E-state index contributed by atoms with van der Waals surface area (Å²) in [6.07, 6.45) is 0. The molecule has 27 heavy (non-hydrogen) atoms. The first-order chi connectivity index (χ1) is 13.0. The highest BCUT2D eigenvalue weighted by Crippen LogP contribution is 2.32. The summed E-state index contributed by atoms with van der Waals surface area (Å²) in [5.41, 5.74) is 0.916. The van der Waals surface area contributed by atoms with Gasteiger partial charge in [0, 0.05) is 0 Å². The second-order valence-electron chi connectivity index (χ2n) is 6.81. The van der Waals surface area contributed by atoms with E-state index in [2.05, 4.69) is 10.6 Å². The lowest BCUT2D eigenvalue weighted by molar-refractivity contribution is -0.124. The van der Waals surface area contributed by atoms with Gasteiger partial charge in [-0.15, -0.1) is 11.3 Å². The molecule has 0 bridgehead atoms. The standard InChI is InChI=1S/C20H24N2O4S/c1-12(2)18(22-19(23)17-5-4-10-27-17)20(24)21-13(3)14-6-7-15-16(11-14)26-9-8-25-15/h4-7,10-13,18H,8-9H2,1-3H3,(H,21,24)(H,22,23). The number of carbonyl (C=O) groups is 2. The van der Waals surface area contributed by atoms with Gasteiger partial charge in [0.05, 0.1) is 10.9 Å². The highest BCUT2D eigenvalue weighted by molar-refractivity contribution is 7.12. The van der Waals surface area contributed by atoms with E-state index in [1.54, 1.807) is 6.07 Å².